The molecule has 0 unspecified atom stereocenters. The van der Waals surface area contributed by atoms with Gasteiger partial charge in [-0.2, -0.15) is 14.6 Å². The van der Waals surface area contributed by atoms with Gasteiger partial charge in [0.05, 0.1) is 4.90 Å². The fourth-order valence-electron chi connectivity index (χ4n) is 3.18. The lowest BCUT2D eigenvalue weighted by Gasteiger charge is -2.29. The van der Waals surface area contributed by atoms with Crippen molar-refractivity contribution in [3.63, 3.8) is 0 Å². The van der Waals surface area contributed by atoms with E-state index in [1.165, 1.54) is 0 Å². The summed E-state index contributed by atoms with van der Waals surface area (Å²) in [5.74, 6) is 1.16. The predicted octanol–water partition coefficient (Wildman–Crippen LogP) is 2.61. The maximum atomic E-state index is 12.8. The zero-order valence-electron chi connectivity index (χ0n) is 17.1. The van der Waals surface area contributed by atoms with Gasteiger partial charge in [0.15, 0.2) is 0 Å². The van der Waals surface area contributed by atoms with E-state index < -0.39 is 10.0 Å². The molecule has 2 aromatic rings. The van der Waals surface area contributed by atoms with Crippen LogP contribution in [-0.4, -0.2) is 62.9 Å². The molecule has 1 aliphatic heterocycles. The second-order valence-electron chi connectivity index (χ2n) is 7.65. The van der Waals surface area contributed by atoms with Gasteiger partial charge in [-0.1, -0.05) is 6.92 Å². The van der Waals surface area contributed by atoms with Gasteiger partial charge in [-0.3, -0.25) is 0 Å². The third-order valence-electron chi connectivity index (χ3n) is 5.06. The molecule has 0 bridgehead atoms. The first-order valence-electron chi connectivity index (χ1n) is 9.71. The van der Waals surface area contributed by atoms with E-state index in [1.807, 2.05) is 25.1 Å². The molecular formula is C20H27N5O3S. The minimum absolute atomic E-state index is 0.179. The van der Waals surface area contributed by atoms with Crippen molar-refractivity contribution >= 4 is 15.9 Å². The Morgan fingerprint density at radius 3 is 2.52 bits per heavy atom. The zero-order valence-corrected chi connectivity index (χ0v) is 17.9. The Kier molecular flexibility index (Phi) is 6.57. The summed E-state index contributed by atoms with van der Waals surface area (Å²) >= 11 is 0. The second kappa shape index (κ2) is 8.95. The molecule has 9 heteroatoms. The van der Waals surface area contributed by atoms with E-state index in [-0.39, 0.29) is 16.5 Å². The van der Waals surface area contributed by atoms with Gasteiger partial charge in [-0.15, -0.1) is 0 Å². The second-order valence-corrected chi connectivity index (χ2v) is 9.59. The lowest BCUT2D eigenvalue weighted by Crippen LogP contribution is -2.37. The van der Waals surface area contributed by atoms with Crippen LogP contribution in [0.3, 0.4) is 0 Å². The van der Waals surface area contributed by atoms with Crippen molar-refractivity contribution in [3.8, 4) is 17.5 Å². The maximum absolute atomic E-state index is 12.8. The largest absolute Gasteiger partial charge is 0.419 e. The van der Waals surface area contributed by atoms with Crippen LogP contribution in [0, 0.1) is 17.2 Å². The molecule has 156 valence electrons. The Morgan fingerprint density at radius 1 is 1.28 bits per heavy atom. The maximum Gasteiger partial charge on any atom is 0.243 e. The summed E-state index contributed by atoms with van der Waals surface area (Å²) in [7, 11) is 0.415. The Hall–Kier alpha value is -2.41. The monoisotopic (exact) mass is 417 g/mol. The molecule has 0 saturated carbocycles. The lowest BCUT2D eigenvalue weighted by molar-refractivity contribution is 0.288. The number of hydrogen-bond donors (Lipinski definition) is 1. The van der Waals surface area contributed by atoms with Crippen molar-refractivity contribution in [1.29, 1.82) is 5.26 Å². The highest BCUT2D eigenvalue weighted by atomic mass is 32.2. The van der Waals surface area contributed by atoms with Gasteiger partial charge in [-0.25, -0.2) is 8.42 Å². The van der Waals surface area contributed by atoms with E-state index in [4.69, 9.17) is 4.42 Å². The van der Waals surface area contributed by atoms with E-state index in [1.54, 1.807) is 28.6 Å². The molecule has 2 heterocycles. The molecule has 0 amide bonds. The summed E-state index contributed by atoms with van der Waals surface area (Å²) in [5, 5.41) is 12.4. The number of sulfonamides is 1. The highest BCUT2D eigenvalue weighted by molar-refractivity contribution is 7.89. The molecule has 8 nitrogen and oxygen atoms in total. The number of nitrogens with one attached hydrogen (secondary N) is 1. The third-order valence-corrected chi connectivity index (χ3v) is 6.97. The van der Waals surface area contributed by atoms with Crippen molar-refractivity contribution in [1.82, 2.24) is 14.2 Å². The van der Waals surface area contributed by atoms with Crippen LogP contribution in [0.15, 0.2) is 33.6 Å². The van der Waals surface area contributed by atoms with Gasteiger partial charge in [0, 0.05) is 31.7 Å². The number of likely N-dealkylation sites (N-methyl/N-ethyl adjacent to an activating group) is 1. The van der Waals surface area contributed by atoms with Crippen LogP contribution in [0.2, 0.25) is 0 Å². The number of nitriles is 1. The zero-order chi connectivity index (χ0) is 21.0. The van der Waals surface area contributed by atoms with E-state index in [9.17, 15) is 13.7 Å². The number of oxazole rings is 1. The Morgan fingerprint density at radius 2 is 1.93 bits per heavy atom. The molecule has 0 radical (unpaired) electrons. The predicted molar refractivity (Wildman–Crippen MR) is 111 cm³/mol. The molecule has 1 N–H and O–H groups in total. The van der Waals surface area contributed by atoms with Gasteiger partial charge in [0.1, 0.15) is 6.07 Å². The van der Waals surface area contributed by atoms with E-state index in [2.05, 4.69) is 17.2 Å². The Labute approximate surface area is 172 Å². The number of benzene rings is 1. The number of rotatable bonds is 7. The Balaban J connectivity index is 1.76. The quantitative estimate of drug-likeness (QED) is 0.739. The molecule has 3 rings (SSSR count). The van der Waals surface area contributed by atoms with Crippen LogP contribution in [0.1, 0.15) is 25.5 Å². The summed E-state index contributed by atoms with van der Waals surface area (Å²) in [6.45, 7) is 4.65. The first-order valence-corrected chi connectivity index (χ1v) is 11.2. The van der Waals surface area contributed by atoms with Crippen LogP contribution >= 0.6 is 0 Å². The first-order chi connectivity index (χ1) is 13.8. The summed E-state index contributed by atoms with van der Waals surface area (Å²) in [5.41, 5.74) is 0.797. The SMILES string of the molecule is CC1CCN(S(=O)(=O)c2ccc(-c3nc(C#N)c(NCCN(C)C)o3)cc2)CC1. The Bertz CT molecular complexity index is 969. The summed E-state index contributed by atoms with van der Waals surface area (Å²) < 4.78 is 33.0. The fraction of sp³-hybridized carbons (Fsp3) is 0.500. The fourth-order valence-corrected chi connectivity index (χ4v) is 4.65. The van der Waals surface area contributed by atoms with E-state index in [0.29, 0.717) is 37.0 Å². The molecule has 1 aromatic carbocycles. The number of aromatic nitrogens is 1. The van der Waals surface area contributed by atoms with Crippen LogP contribution in [0.5, 0.6) is 0 Å². The number of anilines is 1. The average Bonchev–Trinajstić information content (AvgIpc) is 3.11. The van der Waals surface area contributed by atoms with E-state index >= 15 is 0 Å². The van der Waals surface area contributed by atoms with Crippen molar-refractivity contribution in [2.45, 2.75) is 24.7 Å². The van der Waals surface area contributed by atoms with Crippen LogP contribution in [0.25, 0.3) is 11.5 Å². The lowest BCUT2D eigenvalue weighted by atomic mass is 10.0. The minimum atomic E-state index is -3.50. The molecule has 1 aliphatic rings. The number of nitrogens with zero attached hydrogens (tertiary/aromatic N) is 4. The van der Waals surface area contributed by atoms with Crippen molar-refractivity contribution in [2.24, 2.45) is 5.92 Å². The van der Waals surface area contributed by atoms with Crippen molar-refractivity contribution in [3.05, 3.63) is 30.0 Å². The standard InChI is InChI=1S/C20H27N5O3S/c1-15-8-11-25(12-9-15)29(26,27)17-6-4-16(5-7-17)19-23-18(14-21)20(28-19)22-10-13-24(2)3/h4-7,15,22H,8-13H2,1-3H3. The summed E-state index contributed by atoms with van der Waals surface area (Å²) in [6, 6.07) is 8.48. The topological polar surface area (TPSA) is 102 Å². The molecule has 0 spiro atoms. The van der Waals surface area contributed by atoms with Gasteiger partial charge in [0.2, 0.25) is 27.5 Å². The van der Waals surface area contributed by atoms with Gasteiger partial charge >= 0.3 is 0 Å². The van der Waals surface area contributed by atoms with E-state index in [0.717, 1.165) is 19.4 Å². The van der Waals surface area contributed by atoms with Crippen molar-refractivity contribution < 1.29 is 12.8 Å². The molecule has 0 aliphatic carbocycles. The highest BCUT2D eigenvalue weighted by Crippen LogP contribution is 2.28. The normalized spacial score (nSPS) is 16.1. The average molecular weight is 418 g/mol. The molecule has 1 saturated heterocycles. The summed E-state index contributed by atoms with van der Waals surface area (Å²) in [6.07, 6.45) is 1.77. The van der Waals surface area contributed by atoms with Crippen molar-refractivity contribution in [2.75, 3.05) is 45.6 Å². The molecular weight excluding hydrogens is 390 g/mol. The number of piperidine rings is 1. The summed E-state index contributed by atoms with van der Waals surface area (Å²) in [4.78, 5) is 6.49. The smallest absolute Gasteiger partial charge is 0.243 e. The first kappa shape index (κ1) is 21.3. The molecule has 29 heavy (non-hydrogen) atoms. The van der Waals surface area contributed by atoms with Gasteiger partial charge in [-0.05, 0) is 57.1 Å². The van der Waals surface area contributed by atoms with Crippen LogP contribution in [0.4, 0.5) is 5.88 Å². The molecule has 1 fully saturated rings. The number of hydrogen-bond acceptors (Lipinski definition) is 7. The molecule has 1 aromatic heterocycles. The van der Waals surface area contributed by atoms with Crippen LogP contribution in [-0.2, 0) is 10.0 Å². The van der Waals surface area contributed by atoms with Gasteiger partial charge in [0.25, 0.3) is 0 Å². The van der Waals surface area contributed by atoms with Gasteiger partial charge < -0.3 is 14.6 Å². The minimum Gasteiger partial charge on any atom is -0.419 e. The molecule has 0 atom stereocenters. The highest BCUT2D eigenvalue weighted by Gasteiger charge is 2.28. The third kappa shape index (κ3) is 4.96. The van der Waals surface area contributed by atoms with Crippen LogP contribution < -0.4 is 5.32 Å².